The summed E-state index contributed by atoms with van der Waals surface area (Å²) in [4.78, 5) is 70.1. The number of carbonyl (C=O) groups excluding carboxylic acids is 5. The van der Waals surface area contributed by atoms with Crippen LogP contribution in [0.1, 0.15) is 103 Å². The first-order valence-corrected chi connectivity index (χ1v) is 18.4. The summed E-state index contributed by atoms with van der Waals surface area (Å²) in [6.07, 6.45) is 12.6. The molecule has 0 aromatic heterocycles. The number of aliphatic carboxylic acids is 2. The molecule has 1 aromatic rings. The Morgan fingerprint density at radius 2 is 1.30 bits per heavy atom. The van der Waals surface area contributed by atoms with E-state index >= 15 is 0 Å². The molecule has 0 spiro atoms. The number of aryl methyl sites for hydroxylation is 1. The van der Waals surface area contributed by atoms with Gasteiger partial charge in [-0.25, -0.2) is 4.79 Å². The van der Waals surface area contributed by atoms with Crippen molar-refractivity contribution < 1.29 is 58.0 Å². The van der Waals surface area contributed by atoms with E-state index in [9.17, 15) is 24.0 Å². The van der Waals surface area contributed by atoms with Crippen molar-refractivity contribution in [3.05, 3.63) is 29.8 Å². The number of hydrogen-bond donors (Lipinski definition) is 6. The average Bonchev–Trinajstić information content (AvgIpc) is 3.16. The molecular weight excluding hydrogens is 704 g/mol. The standard InChI is InChI=1S/C22H41N3O7.C10H12O3.C4H11N.2CH2O/c1-19(25-18-26)16-20(27)24-12-13-31-14-15-32-17-21(28)23-11-9-7-5-3-2-4-6-8-10-22(29)30;1-2-8-3-5-9(6-4-8)13-7-10(11)12;1-2-3-4-5;2*1-2/h18-19H,2-17H2,1H3,(H,23,28)(H,24,27)(H,25,26)(H,29,30);3-6H,2,7H2,1H3,(H,11,12);2-5H2,1H3;2*1H2. The lowest BCUT2D eigenvalue weighted by Crippen LogP contribution is -2.34. The number of nitrogens with two attached hydrogens (primary N) is 1. The van der Waals surface area contributed by atoms with Gasteiger partial charge in [-0.1, -0.05) is 70.9 Å². The van der Waals surface area contributed by atoms with Crippen LogP contribution in [0, 0.1) is 0 Å². The minimum atomic E-state index is -0.959. The summed E-state index contributed by atoms with van der Waals surface area (Å²) >= 11 is 0. The summed E-state index contributed by atoms with van der Waals surface area (Å²) in [5.74, 6) is -1.38. The quantitative estimate of drug-likeness (QED) is 0.0505. The van der Waals surface area contributed by atoms with Gasteiger partial charge in [-0.15, -0.1) is 0 Å². The number of rotatable bonds is 29. The van der Waals surface area contributed by atoms with Gasteiger partial charge in [0.2, 0.25) is 18.2 Å². The average molecular weight is 773 g/mol. The zero-order valence-corrected chi connectivity index (χ0v) is 32.8. The van der Waals surface area contributed by atoms with Crippen LogP contribution >= 0.6 is 0 Å². The highest BCUT2D eigenvalue weighted by Crippen LogP contribution is 2.12. The molecule has 3 amide bonds. The number of carbonyl (C=O) groups is 7. The van der Waals surface area contributed by atoms with Gasteiger partial charge in [0.25, 0.3) is 0 Å². The molecule has 16 heteroatoms. The van der Waals surface area contributed by atoms with Crippen molar-refractivity contribution in [3.8, 4) is 5.75 Å². The zero-order valence-electron chi connectivity index (χ0n) is 32.8. The molecule has 7 N–H and O–H groups in total. The minimum absolute atomic E-state index is 0.00193. The number of ether oxygens (including phenoxy) is 3. The number of unbranched alkanes of at least 4 members (excludes halogenated alkanes) is 8. The maximum atomic E-state index is 11.7. The molecule has 0 saturated carbocycles. The Morgan fingerprint density at radius 1 is 0.741 bits per heavy atom. The molecule has 16 nitrogen and oxygen atoms in total. The first-order chi connectivity index (χ1) is 26.1. The van der Waals surface area contributed by atoms with Crippen molar-refractivity contribution in [2.75, 3.05) is 52.7 Å². The number of nitrogens with one attached hydrogen (secondary N) is 3. The number of carboxylic acid groups (broad SMARTS) is 2. The molecule has 0 aliphatic heterocycles. The van der Waals surface area contributed by atoms with Crippen molar-refractivity contribution in [1.29, 1.82) is 0 Å². The Labute approximate surface area is 321 Å². The summed E-state index contributed by atoms with van der Waals surface area (Å²) < 4.78 is 15.6. The summed E-state index contributed by atoms with van der Waals surface area (Å²) in [6.45, 7) is 12.5. The molecule has 0 heterocycles. The largest absolute Gasteiger partial charge is 0.482 e. The van der Waals surface area contributed by atoms with Gasteiger partial charge in [-0.05, 0) is 56.8 Å². The normalized spacial score (nSPS) is 10.1. The third kappa shape index (κ3) is 47.6. The predicted octanol–water partition coefficient (Wildman–Crippen LogP) is 3.46. The number of amides is 3. The summed E-state index contributed by atoms with van der Waals surface area (Å²) in [5.41, 5.74) is 6.35. The summed E-state index contributed by atoms with van der Waals surface area (Å²) in [7, 11) is 0. The second-order valence-electron chi connectivity index (χ2n) is 11.5. The number of hydrogen-bond acceptors (Lipinski definition) is 11. The Morgan fingerprint density at radius 3 is 1.80 bits per heavy atom. The SMILES string of the molecule is C=O.C=O.CC(CC(=O)NCCOCCOCC(=O)NCCCCCCCCCCC(=O)O)NC=O.CCCCN.CCc1ccc(OCC(=O)O)cc1. The fourth-order valence-electron chi connectivity index (χ4n) is 4.08. The highest BCUT2D eigenvalue weighted by Gasteiger charge is 2.07. The molecule has 0 aliphatic rings. The second-order valence-corrected chi connectivity index (χ2v) is 11.5. The molecule has 0 aliphatic carbocycles. The van der Waals surface area contributed by atoms with E-state index in [2.05, 4.69) is 29.8 Å². The molecule has 0 saturated heterocycles. The Hall–Kier alpha value is -4.41. The fraction of sp³-hybridized carbons (Fsp3) is 0.658. The molecule has 1 unspecified atom stereocenters. The summed E-state index contributed by atoms with van der Waals surface area (Å²) in [5, 5.41) is 24.9. The van der Waals surface area contributed by atoms with Gasteiger partial charge in [-0.3, -0.25) is 19.2 Å². The predicted molar refractivity (Wildman–Crippen MR) is 207 cm³/mol. The first-order valence-electron chi connectivity index (χ1n) is 18.4. The van der Waals surface area contributed by atoms with E-state index in [1.807, 2.05) is 25.7 Å². The van der Waals surface area contributed by atoms with Gasteiger partial charge in [0.1, 0.15) is 25.9 Å². The van der Waals surface area contributed by atoms with Crippen LogP contribution in [0.2, 0.25) is 0 Å². The molecule has 0 bridgehead atoms. The maximum absolute atomic E-state index is 11.7. The Bertz CT molecular complexity index is 1030. The molecule has 1 atom stereocenters. The summed E-state index contributed by atoms with van der Waals surface area (Å²) in [6, 6.07) is 7.21. The lowest BCUT2D eigenvalue weighted by Gasteiger charge is -2.10. The van der Waals surface area contributed by atoms with Crippen LogP contribution in [-0.2, 0) is 49.5 Å². The van der Waals surface area contributed by atoms with Gasteiger partial charge < -0.3 is 55.7 Å². The third-order valence-corrected chi connectivity index (χ3v) is 6.91. The molecule has 0 radical (unpaired) electrons. The van der Waals surface area contributed by atoms with Crippen LogP contribution in [-0.4, -0.2) is 113 Å². The van der Waals surface area contributed by atoms with Crippen molar-refractivity contribution in [1.82, 2.24) is 16.0 Å². The number of carboxylic acids is 2. The van der Waals surface area contributed by atoms with E-state index < -0.39 is 11.9 Å². The fourth-order valence-corrected chi connectivity index (χ4v) is 4.08. The molecular formula is C38H68N4O12. The highest BCUT2D eigenvalue weighted by molar-refractivity contribution is 5.77. The molecule has 312 valence electrons. The van der Waals surface area contributed by atoms with E-state index in [0.29, 0.717) is 45.1 Å². The molecule has 54 heavy (non-hydrogen) atoms. The van der Waals surface area contributed by atoms with Gasteiger partial charge in [-0.2, -0.15) is 0 Å². The van der Waals surface area contributed by atoms with Gasteiger partial charge in [0.15, 0.2) is 6.61 Å². The van der Waals surface area contributed by atoms with Crippen molar-refractivity contribution in [2.45, 2.75) is 110 Å². The van der Waals surface area contributed by atoms with Crippen LogP contribution < -0.4 is 26.4 Å². The van der Waals surface area contributed by atoms with E-state index in [0.717, 1.165) is 64.3 Å². The Balaban J connectivity index is -0.000000462. The highest BCUT2D eigenvalue weighted by atomic mass is 16.5. The second kappa shape index (κ2) is 46.6. The van der Waals surface area contributed by atoms with Crippen LogP contribution in [0.5, 0.6) is 5.75 Å². The van der Waals surface area contributed by atoms with E-state index in [1.54, 1.807) is 19.1 Å². The number of benzene rings is 1. The van der Waals surface area contributed by atoms with Crippen molar-refractivity contribution >= 4 is 43.7 Å². The third-order valence-electron chi connectivity index (χ3n) is 6.91. The lowest BCUT2D eigenvalue weighted by atomic mass is 10.1. The topological polar surface area (TPSA) is 250 Å². The van der Waals surface area contributed by atoms with Crippen LogP contribution in [0.4, 0.5) is 0 Å². The van der Waals surface area contributed by atoms with Crippen LogP contribution in [0.15, 0.2) is 24.3 Å². The Kier molecular flexibility index (Phi) is 48.6. The molecule has 1 aromatic carbocycles. The van der Waals surface area contributed by atoms with Gasteiger partial charge in [0, 0.05) is 32.0 Å². The van der Waals surface area contributed by atoms with Crippen LogP contribution in [0.25, 0.3) is 0 Å². The maximum Gasteiger partial charge on any atom is 0.341 e. The lowest BCUT2D eigenvalue weighted by molar-refractivity contribution is -0.139. The van der Waals surface area contributed by atoms with Crippen molar-refractivity contribution in [2.24, 2.45) is 5.73 Å². The van der Waals surface area contributed by atoms with E-state index in [4.69, 9.17) is 39.7 Å². The first kappa shape index (κ1) is 56.3. The molecule has 0 fully saturated rings. The molecule has 1 rings (SSSR count). The van der Waals surface area contributed by atoms with E-state index in [-0.39, 0.29) is 43.9 Å². The van der Waals surface area contributed by atoms with Crippen LogP contribution in [0.3, 0.4) is 0 Å². The smallest absolute Gasteiger partial charge is 0.341 e. The van der Waals surface area contributed by atoms with Gasteiger partial charge in [0.05, 0.1) is 19.8 Å². The van der Waals surface area contributed by atoms with E-state index in [1.165, 1.54) is 18.4 Å². The monoisotopic (exact) mass is 772 g/mol. The van der Waals surface area contributed by atoms with Crippen molar-refractivity contribution in [3.63, 3.8) is 0 Å². The van der Waals surface area contributed by atoms with Gasteiger partial charge >= 0.3 is 11.9 Å². The minimum Gasteiger partial charge on any atom is -0.482 e. The zero-order chi connectivity index (χ0) is 41.7.